The summed E-state index contributed by atoms with van der Waals surface area (Å²) in [5.41, 5.74) is 0.481. The Kier molecular flexibility index (Phi) is 5.37. The van der Waals surface area contributed by atoms with Crippen molar-refractivity contribution in [3.63, 3.8) is 0 Å². The molecule has 4 saturated carbocycles. The summed E-state index contributed by atoms with van der Waals surface area (Å²) < 4.78 is 5.38. The van der Waals surface area contributed by atoms with Crippen LogP contribution in [0.4, 0.5) is 0 Å². The molecule has 0 aromatic heterocycles. The Hall–Kier alpha value is -2.04. The normalized spacial score (nSPS) is 30.7. The molecule has 5 heteroatoms. The molecule has 0 aliphatic heterocycles. The number of benzene rings is 1. The number of para-hydroxylation sites is 1. The molecule has 1 aromatic rings. The summed E-state index contributed by atoms with van der Waals surface area (Å²) in [5, 5.41) is 5.61. The molecule has 4 aliphatic rings. The van der Waals surface area contributed by atoms with Crippen LogP contribution in [0.2, 0.25) is 0 Å². The number of carbonyl (C=O) groups is 2. The van der Waals surface area contributed by atoms with E-state index >= 15 is 0 Å². The van der Waals surface area contributed by atoms with E-state index in [9.17, 15) is 9.59 Å². The van der Waals surface area contributed by atoms with Gasteiger partial charge in [0.15, 0.2) is 6.61 Å². The lowest BCUT2D eigenvalue weighted by Crippen LogP contribution is -2.47. The van der Waals surface area contributed by atoms with Gasteiger partial charge in [0, 0.05) is 6.54 Å². The number of amides is 2. The molecule has 0 radical (unpaired) electrons. The molecule has 2 N–H and O–H groups in total. The predicted molar refractivity (Wildman–Crippen MR) is 103 cm³/mol. The highest BCUT2D eigenvalue weighted by molar-refractivity contribution is 5.85. The molecule has 0 atom stereocenters. The first-order valence-corrected chi connectivity index (χ1v) is 10.3. The highest BCUT2D eigenvalue weighted by Crippen LogP contribution is 2.61. The van der Waals surface area contributed by atoms with Crippen LogP contribution in [0.1, 0.15) is 44.9 Å². The van der Waals surface area contributed by atoms with E-state index in [4.69, 9.17) is 4.74 Å². The lowest BCUT2D eigenvalue weighted by molar-refractivity contribution is -0.127. The third-order valence-corrected chi connectivity index (χ3v) is 6.70. The van der Waals surface area contributed by atoms with Crippen molar-refractivity contribution < 1.29 is 14.3 Å². The summed E-state index contributed by atoms with van der Waals surface area (Å²) >= 11 is 0. The monoisotopic (exact) mass is 370 g/mol. The topological polar surface area (TPSA) is 67.4 Å². The van der Waals surface area contributed by atoms with Gasteiger partial charge in [-0.15, -0.1) is 0 Å². The average molecular weight is 370 g/mol. The highest BCUT2D eigenvalue weighted by atomic mass is 16.5. The molecule has 4 fully saturated rings. The minimum absolute atomic E-state index is 0.0118. The van der Waals surface area contributed by atoms with Crippen molar-refractivity contribution in [1.82, 2.24) is 10.6 Å². The van der Waals surface area contributed by atoms with Crippen LogP contribution in [-0.4, -0.2) is 31.5 Å². The molecule has 2 amide bonds. The minimum Gasteiger partial charge on any atom is -0.484 e. The first kappa shape index (κ1) is 18.3. The van der Waals surface area contributed by atoms with Crippen molar-refractivity contribution in [1.29, 1.82) is 0 Å². The van der Waals surface area contributed by atoms with Gasteiger partial charge in [0.05, 0.1) is 6.54 Å². The SMILES string of the molecule is O=C(CNC(=O)COc1ccccc1)NCCC12CC3CC(CC(C3)C1)C2. The molecular weight excluding hydrogens is 340 g/mol. The van der Waals surface area contributed by atoms with E-state index in [0.29, 0.717) is 11.2 Å². The van der Waals surface area contributed by atoms with E-state index < -0.39 is 0 Å². The summed E-state index contributed by atoms with van der Waals surface area (Å²) in [5.74, 6) is 3.07. The molecule has 0 spiro atoms. The Morgan fingerprint density at radius 1 is 0.926 bits per heavy atom. The Balaban J connectivity index is 1.13. The number of carbonyl (C=O) groups excluding carboxylic acids is 2. The zero-order valence-electron chi connectivity index (χ0n) is 15.9. The number of hydrogen-bond acceptors (Lipinski definition) is 3. The van der Waals surface area contributed by atoms with Crippen molar-refractivity contribution >= 4 is 11.8 Å². The molecule has 4 bridgehead atoms. The molecule has 0 heterocycles. The maximum Gasteiger partial charge on any atom is 0.258 e. The van der Waals surface area contributed by atoms with Crippen LogP contribution in [0.3, 0.4) is 0 Å². The smallest absolute Gasteiger partial charge is 0.258 e. The number of hydrogen-bond donors (Lipinski definition) is 2. The van der Waals surface area contributed by atoms with Crippen molar-refractivity contribution in [2.24, 2.45) is 23.2 Å². The largest absolute Gasteiger partial charge is 0.484 e. The zero-order valence-corrected chi connectivity index (χ0v) is 15.9. The van der Waals surface area contributed by atoms with Crippen molar-refractivity contribution in [3.05, 3.63) is 30.3 Å². The second kappa shape index (κ2) is 7.91. The third kappa shape index (κ3) is 4.63. The second-order valence-electron chi connectivity index (χ2n) is 8.90. The summed E-state index contributed by atoms with van der Waals surface area (Å²) in [6, 6.07) is 9.19. The van der Waals surface area contributed by atoms with E-state index in [1.165, 1.54) is 38.5 Å². The van der Waals surface area contributed by atoms with Crippen LogP contribution in [0, 0.1) is 23.2 Å². The molecule has 0 unspecified atom stereocenters. The molecule has 1 aromatic carbocycles. The molecule has 146 valence electrons. The lowest BCUT2D eigenvalue weighted by Gasteiger charge is -2.57. The van der Waals surface area contributed by atoms with Crippen LogP contribution in [0.15, 0.2) is 30.3 Å². The van der Waals surface area contributed by atoms with Gasteiger partial charge in [-0.1, -0.05) is 18.2 Å². The van der Waals surface area contributed by atoms with Crippen molar-refractivity contribution in [3.8, 4) is 5.75 Å². The molecule has 0 saturated heterocycles. The third-order valence-electron chi connectivity index (χ3n) is 6.70. The maximum atomic E-state index is 12.0. The van der Waals surface area contributed by atoms with Gasteiger partial charge in [-0.05, 0) is 80.2 Å². The molecule has 27 heavy (non-hydrogen) atoms. The number of nitrogens with one attached hydrogen (secondary N) is 2. The maximum absolute atomic E-state index is 12.0. The standard InChI is InChI=1S/C22H30N2O3/c25-20(14-24-21(26)15-27-19-4-2-1-3-5-19)23-7-6-22-11-16-8-17(12-22)10-18(9-16)13-22/h1-5,16-18H,6-15H2,(H,23,25)(H,24,26). The van der Waals surface area contributed by atoms with Crippen molar-refractivity contribution in [2.75, 3.05) is 19.7 Å². The van der Waals surface area contributed by atoms with Crippen LogP contribution in [0.5, 0.6) is 5.75 Å². The molecule has 5 nitrogen and oxygen atoms in total. The van der Waals surface area contributed by atoms with Gasteiger partial charge in [-0.2, -0.15) is 0 Å². The number of ether oxygens (including phenoxy) is 1. The van der Waals surface area contributed by atoms with E-state index in [-0.39, 0.29) is 25.0 Å². The van der Waals surface area contributed by atoms with Gasteiger partial charge >= 0.3 is 0 Å². The summed E-state index contributed by atoms with van der Waals surface area (Å²) in [6.45, 7) is 0.657. The van der Waals surface area contributed by atoms with Crippen LogP contribution >= 0.6 is 0 Å². The van der Waals surface area contributed by atoms with E-state index in [1.54, 1.807) is 12.1 Å². The Labute approximate surface area is 161 Å². The summed E-state index contributed by atoms with van der Waals surface area (Å²) in [7, 11) is 0. The minimum atomic E-state index is -0.282. The Morgan fingerprint density at radius 2 is 1.56 bits per heavy atom. The van der Waals surface area contributed by atoms with Crippen LogP contribution in [0.25, 0.3) is 0 Å². The van der Waals surface area contributed by atoms with E-state index in [0.717, 1.165) is 30.7 Å². The number of rotatable bonds is 8. The van der Waals surface area contributed by atoms with Gasteiger partial charge in [0.2, 0.25) is 5.91 Å². The average Bonchev–Trinajstić information content (AvgIpc) is 2.64. The van der Waals surface area contributed by atoms with Crippen LogP contribution < -0.4 is 15.4 Å². The fourth-order valence-corrected chi connectivity index (χ4v) is 6.02. The van der Waals surface area contributed by atoms with E-state index in [2.05, 4.69) is 10.6 Å². The quantitative estimate of drug-likeness (QED) is 0.739. The molecule has 5 rings (SSSR count). The van der Waals surface area contributed by atoms with Gasteiger partial charge in [-0.3, -0.25) is 9.59 Å². The van der Waals surface area contributed by atoms with Crippen molar-refractivity contribution in [2.45, 2.75) is 44.9 Å². The Bertz CT molecular complexity index is 638. The lowest BCUT2D eigenvalue weighted by atomic mass is 9.49. The zero-order chi connectivity index (χ0) is 18.7. The van der Waals surface area contributed by atoms with Gasteiger partial charge in [-0.25, -0.2) is 0 Å². The predicted octanol–water partition coefficient (Wildman–Crippen LogP) is 2.90. The second-order valence-corrected chi connectivity index (χ2v) is 8.90. The Morgan fingerprint density at radius 3 is 2.19 bits per heavy atom. The first-order chi connectivity index (χ1) is 13.1. The van der Waals surface area contributed by atoms with Gasteiger partial charge < -0.3 is 15.4 Å². The summed E-state index contributed by atoms with van der Waals surface area (Å²) in [6.07, 6.45) is 9.52. The molecular formula is C22H30N2O3. The van der Waals surface area contributed by atoms with Gasteiger partial charge in [0.25, 0.3) is 5.91 Å². The first-order valence-electron chi connectivity index (χ1n) is 10.3. The fraction of sp³-hybridized carbons (Fsp3) is 0.636. The fourth-order valence-electron chi connectivity index (χ4n) is 6.02. The summed E-state index contributed by atoms with van der Waals surface area (Å²) in [4.78, 5) is 23.8. The highest BCUT2D eigenvalue weighted by Gasteiger charge is 2.50. The van der Waals surface area contributed by atoms with Crippen LogP contribution in [-0.2, 0) is 9.59 Å². The van der Waals surface area contributed by atoms with Gasteiger partial charge in [0.1, 0.15) is 5.75 Å². The molecule has 4 aliphatic carbocycles. The van der Waals surface area contributed by atoms with E-state index in [1.807, 2.05) is 18.2 Å².